The van der Waals surface area contributed by atoms with Gasteiger partial charge in [-0.1, -0.05) is 0 Å². The summed E-state index contributed by atoms with van der Waals surface area (Å²) in [5.74, 6) is -1.40. The number of carbonyl (C=O) groups excluding carboxylic acids is 2. The lowest BCUT2D eigenvalue weighted by atomic mass is 10.1. The van der Waals surface area contributed by atoms with Gasteiger partial charge in [-0.05, 0) is 18.2 Å². The van der Waals surface area contributed by atoms with Gasteiger partial charge in [0.05, 0.1) is 24.9 Å². The van der Waals surface area contributed by atoms with Crippen LogP contribution in [-0.4, -0.2) is 36.7 Å². The van der Waals surface area contributed by atoms with E-state index >= 15 is 0 Å². The van der Waals surface area contributed by atoms with Gasteiger partial charge in [0.15, 0.2) is 0 Å². The monoisotopic (exact) mass is 250 g/mol. The van der Waals surface area contributed by atoms with E-state index in [9.17, 15) is 14.4 Å². The first-order valence-corrected chi connectivity index (χ1v) is 5.06. The zero-order chi connectivity index (χ0) is 13.3. The van der Waals surface area contributed by atoms with Crippen molar-refractivity contribution >= 4 is 23.6 Å². The number of hydrogen-bond acceptors (Lipinski definition) is 4. The normalized spacial score (nSPS) is 14.6. The highest BCUT2D eigenvalue weighted by Gasteiger charge is 2.32. The van der Waals surface area contributed by atoms with Crippen molar-refractivity contribution in [3.63, 3.8) is 0 Å². The predicted octanol–water partition coefficient (Wildman–Crippen LogP) is 0.450. The van der Waals surface area contributed by atoms with Crippen molar-refractivity contribution in [2.45, 2.75) is 0 Å². The number of rotatable bonds is 3. The second-order valence-corrected chi connectivity index (χ2v) is 3.58. The zero-order valence-electron chi connectivity index (χ0n) is 9.47. The number of nitrogens with zero attached hydrogens (tertiary/aromatic N) is 1. The summed E-state index contributed by atoms with van der Waals surface area (Å²) in [4.78, 5) is 35.0. The van der Waals surface area contributed by atoms with Gasteiger partial charge in [-0.25, -0.2) is 14.5 Å². The van der Waals surface area contributed by atoms with Gasteiger partial charge >= 0.3 is 12.0 Å². The van der Waals surface area contributed by atoms with E-state index in [0.29, 0.717) is 5.75 Å². The van der Waals surface area contributed by atoms with Crippen LogP contribution in [0.4, 0.5) is 10.5 Å². The van der Waals surface area contributed by atoms with Crippen LogP contribution < -0.4 is 15.0 Å². The molecule has 0 atom stereocenters. The van der Waals surface area contributed by atoms with Crippen LogP contribution in [-0.2, 0) is 4.79 Å². The molecule has 1 aliphatic rings. The Morgan fingerprint density at radius 3 is 2.67 bits per heavy atom. The van der Waals surface area contributed by atoms with E-state index in [1.54, 1.807) is 0 Å². The third-order valence-corrected chi connectivity index (χ3v) is 2.52. The number of imide groups is 1. The third-order valence-electron chi connectivity index (χ3n) is 2.52. The fraction of sp³-hybridized carbons (Fsp3) is 0.182. The lowest BCUT2D eigenvalue weighted by Gasteiger charge is -2.15. The third kappa shape index (κ3) is 1.86. The highest BCUT2D eigenvalue weighted by molar-refractivity contribution is 6.21. The number of methoxy groups -OCH3 is 1. The number of aromatic carboxylic acids is 1. The molecule has 1 heterocycles. The Kier molecular flexibility index (Phi) is 2.88. The molecule has 0 aliphatic carbocycles. The van der Waals surface area contributed by atoms with Crippen molar-refractivity contribution < 1.29 is 24.2 Å². The summed E-state index contributed by atoms with van der Waals surface area (Å²) in [7, 11) is 1.40. The number of amides is 3. The molecule has 0 spiro atoms. The van der Waals surface area contributed by atoms with Crippen LogP contribution in [0.1, 0.15) is 10.4 Å². The molecule has 1 aromatic carbocycles. The molecule has 0 saturated carbocycles. The molecule has 1 fully saturated rings. The Bertz CT molecular complexity index is 524. The second kappa shape index (κ2) is 4.36. The van der Waals surface area contributed by atoms with Crippen LogP contribution in [0.5, 0.6) is 5.75 Å². The average molecular weight is 250 g/mol. The van der Waals surface area contributed by atoms with Gasteiger partial charge < -0.3 is 15.2 Å². The fourth-order valence-corrected chi connectivity index (χ4v) is 1.67. The van der Waals surface area contributed by atoms with E-state index in [2.05, 4.69) is 5.32 Å². The largest absolute Gasteiger partial charge is 0.497 e. The smallest absolute Gasteiger partial charge is 0.337 e. The van der Waals surface area contributed by atoms with Crippen molar-refractivity contribution in [3.05, 3.63) is 23.8 Å². The van der Waals surface area contributed by atoms with E-state index in [1.165, 1.54) is 25.3 Å². The second-order valence-electron chi connectivity index (χ2n) is 3.58. The van der Waals surface area contributed by atoms with Crippen LogP contribution in [0.25, 0.3) is 0 Å². The quantitative estimate of drug-likeness (QED) is 0.759. The molecular formula is C11H10N2O5. The maximum absolute atomic E-state index is 11.5. The summed E-state index contributed by atoms with van der Waals surface area (Å²) in [6.45, 7) is -0.135. The van der Waals surface area contributed by atoms with E-state index in [4.69, 9.17) is 9.84 Å². The van der Waals surface area contributed by atoms with Crippen LogP contribution in [0, 0.1) is 0 Å². The molecular weight excluding hydrogens is 240 g/mol. The SMILES string of the molecule is COc1ccc(N2C(=O)CNC2=O)c(C(=O)O)c1. The van der Waals surface area contributed by atoms with Gasteiger partial charge in [-0.2, -0.15) is 0 Å². The Morgan fingerprint density at radius 2 is 2.17 bits per heavy atom. The minimum atomic E-state index is -1.24. The highest BCUT2D eigenvalue weighted by Crippen LogP contribution is 2.27. The Balaban J connectivity index is 2.53. The number of anilines is 1. The first-order chi connectivity index (χ1) is 8.54. The number of hydrogen-bond donors (Lipinski definition) is 2. The molecule has 0 aromatic heterocycles. The van der Waals surface area contributed by atoms with Crippen LogP contribution in [0.2, 0.25) is 0 Å². The molecule has 0 bridgehead atoms. The molecule has 7 heteroatoms. The van der Waals surface area contributed by atoms with Crippen molar-refractivity contribution in [2.75, 3.05) is 18.6 Å². The molecule has 94 valence electrons. The van der Waals surface area contributed by atoms with Gasteiger partial charge in [-0.3, -0.25) is 4.79 Å². The van der Waals surface area contributed by atoms with E-state index in [0.717, 1.165) is 4.90 Å². The number of carbonyl (C=O) groups is 3. The van der Waals surface area contributed by atoms with Crippen molar-refractivity contribution in [1.82, 2.24) is 5.32 Å². The lowest BCUT2D eigenvalue weighted by molar-refractivity contribution is -0.115. The summed E-state index contributed by atoms with van der Waals surface area (Å²) in [5.41, 5.74) is -0.136. The van der Waals surface area contributed by atoms with Crippen LogP contribution in [0.3, 0.4) is 0 Å². The molecule has 1 aromatic rings. The molecule has 0 unspecified atom stereocenters. The summed E-state index contributed by atoms with van der Waals surface area (Å²) in [5, 5.41) is 11.4. The molecule has 0 radical (unpaired) electrons. The number of carboxylic acids is 1. The molecule has 2 N–H and O–H groups in total. The molecule has 1 saturated heterocycles. The van der Waals surface area contributed by atoms with Gasteiger partial charge in [0, 0.05) is 0 Å². The minimum absolute atomic E-state index is 0.0308. The van der Waals surface area contributed by atoms with E-state index < -0.39 is 17.9 Å². The molecule has 3 amide bonds. The molecule has 18 heavy (non-hydrogen) atoms. The maximum atomic E-state index is 11.5. The first kappa shape index (κ1) is 11.9. The number of ether oxygens (including phenoxy) is 1. The van der Waals surface area contributed by atoms with Crippen LogP contribution in [0.15, 0.2) is 18.2 Å². The van der Waals surface area contributed by atoms with E-state index in [-0.39, 0.29) is 17.8 Å². The topological polar surface area (TPSA) is 95.9 Å². The summed E-state index contributed by atoms with van der Waals surface area (Å²) >= 11 is 0. The summed E-state index contributed by atoms with van der Waals surface area (Å²) in [6, 6.07) is 3.48. The average Bonchev–Trinajstić information content (AvgIpc) is 2.68. The van der Waals surface area contributed by atoms with E-state index in [1.807, 2.05) is 0 Å². The number of carboxylic acid groups (broad SMARTS) is 1. The zero-order valence-corrected chi connectivity index (χ0v) is 9.47. The van der Waals surface area contributed by atoms with Crippen molar-refractivity contribution in [1.29, 1.82) is 0 Å². The van der Waals surface area contributed by atoms with Gasteiger partial charge in [0.2, 0.25) is 0 Å². The van der Waals surface area contributed by atoms with Crippen molar-refractivity contribution in [2.24, 2.45) is 0 Å². The number of nitrogens with one attached hydrogen (secondary N) is 1. The fourth-order valence-electron chi connectivity index (χ4n) is 1.67. The molecule has 2 rings (SSSR count). The molecule has 1 aliphatic heterocycles. The van der Waals surface area contributed by atoms with Gasteiger partial charge in [-0.15, -0.1) is 0 Å². The van der Waals surface area contributed by atoms with Gasteiger partial charge in [0.25, 0.3) is 5.91 Å². The number of benzene rings is 1. The van der Waals surface area contributed by atoms with Gasteiger partial charge in [0.1, 0.15) is 5.75 Å². The summed E-state index contributed by atoms with van der Waals surface area (Å²) < 4.78 is 4.91. The highest BCUT2D eigenvalue weighted by atomic mass is 16.5. The first-order valence-electron chi connectivity index (χ1n) is 5.06. The maximum Gasteiger partial charge on any atom is 0.337 e. The lowest BCUT2D eigenvalue weighted by Crippen LogP contribution is -2.32. The predicted molar refractivity (Wildman–Crippen MR) is 60.8 cm³/mol. The van der Waals surface area contributed by atoms with Crippen LogP contribution >= 0.6 is 0 Å². The standard InChI is InChI=1S/C11H10N2O5/c1-18-6-2-3-8(7(4-6)10(15)16)13-9(14)5-12-11(13)17/h2-4H,5H2,1H3,(H,12,17)(H,15,16). The summed E-state index contributed by atoms with van der Waals surface area (Å²) in [6.07, 6.45) is 0. The Hall–Kier alpha value is -2.57. The molecule has 7 nitrogen and oxygen atoms in total. The van der Waals surface area contributed by atoms with Crippen molar-refractivity contribution in [3.8, 4) is 5.75 Å². The Morgan fingerprint density at radius 1 is 1.44 bits per heavy atom. The minimum Gasteiger partial charge on any atom is -0.497 e. The number of urea groups is 1. The Labute approximate surface area is 102 Å².